The topological polar surface area (TPSA) is 91.3 Å². The summed E-state index contributed by atoms with van der Waals surface area (Å²) in [5.74, 6) is 0.802. The lowest BCUT2D eigenvalue weighted by Gasteiger charge is -2.14. The Morgan fingerprint density at radius 2 is 1.63 bits per heavy atom. The molecule has 0 atom stereocenters. The highest BCUT2D eigenvalue weighted by atomic mass is 16.2. The Labute approximate surface area is 159 Å². The van der Waals surface area contributed by atoms with Crippen LogP contribution in [-0.2, 0) is 0 Å². The van der Waals surface area contributed by atoms with Gasteiger partial charge in [0, 0.05) is 17.1 Å². The third kappa shape index (κ3) is 5.77. The van der Waals surface area contributed by atoms with Crippen molar-refractivity contribution in [2.24, 2.45) is 4.99 Å². The van der Waals surface area contributed by atoms with E-state index in [4.69, 9.17) is 0 Å². The molecule has 0 aliphatic heterocycles. The molecule has 0 bridgehead atoms. The van der Waals surface area contributed by atoms with E-state index in [9.17, 15) is 4.79 Å². The predicted octanol–water partition coefficient (Wildman–Crippen LogP) is 3.93. The Balaban J connectivity index is 1.72. The van der Waals surface area contributed by atoms with Gasteiger partial charge in [0.1, 0.15) is 0 Å². The van der Waals surface area contributed by atoms with Crippen molar-refractivity contribution < 1.29 is 4.79 Å². The van der Waals surface area contributed by atoms with Gasteiger partial charge in [-0.3, -0.25) is 10.6 Å². The molecule has 0 radical (unpaired) electrons. The zero-order chi connectivity index (χ0) is 19.2. The van der Waals surface area contributed by atoms with E-state index in [0.717, 1.165) is 48.3 Å². The number of nitrogens with one attached hydrogen (secondary N) is 3. The first kappa shape index (κ1) is 18.8. The minimum absolute atomic E-state index is 0.207. The molecule has 1 aliphatic rings. The molecule has 1 aromatic carbocycles. The smallest absolute Gasteiger partial charge is 0.308 e. The van der Waals surface area contributed by atoms with Crippen molar-refractivity contribution in [2.45, 2.75) is 52.5 Å². The van der Waals surface area contributed by atoms with Crippen molar-refractivity contribution in [2.75, 3.05) is 10.6 Å². The molecule has 0 saturated heterocycles. The maximum Gasteiger partial charge on any atom is 0.326 e. The average molecular weight is 366 g/mol. The number of carbonyl (C=O) groups excluding carboxylic acids is 1. The predicted molar refractivity (Wildman–Crippen MR) is 108 cm³/mol. The summed E-state index contributed by atoms with van der Waals surface area (Å²) in [4.78, 5) is 25.9. The number of hydrogen-bond donors (Lipinski definition) is 3. The van der Waals surface area contributed by atoms with Crippen LogP contribution in [0.5, 0.6) is 0 Å². The van der Waals surface area contributed by atoms with Crippen LogP contribution in [0.2, 0.25) is 0 Å². The third-order valence-corrected chi connectivity index (χ3v) is 4.39. The summed E-state index contributed by atoms with van der Waals surface area (Å²) in [6, 6.07) is 9.38. The van der Waals surface area contributed by atoms with Gasteiger partial charge >= 0.3 is 6.03 Å². The van der Waals surface area contributed by atoms with Gasteiger partial charge in [0.15, 0.2) is 0 Å². The molecule has 1 heterocycles. The van der Waals surface area contributed by atoms with Crippen molar-refractivity contribution in [3.05, 3.63) is 47.3 Å². The Morgan fingerprint density at radius 3 is 2.26 bits per heavy atom. The summed E-state index contributed by atoms with van der Waals surface area (Å²) in [6.45, 7) is 5.82. The molecule has 3 N–H and O–H groups in total. The maximum absolute atomic E-state index is 12.4. The van der Waals surface area contributed by atoms with E-state index in [1.807, 2.05) is 51.1 Å². The molecule has 7 heteroatoms. The number of aromatic nitrogens is 2. The highest BCUT2D eigenvalue weighted by Gasteiger charge is 2.17. The molecule has 1 fully saturated rings. The Hall–Kier alpha value is -2.96. The second-order valence-corrected chi connectivity index (χ2v) is 6.96. The number of rotatable bonds is 3. The second kappa shape index (κ2) is 8.62. The summed E-state index contributed by atoms with van der Waals surface area (Å²) in [7, 11) is 0. The van der Waals surface area contributed by atoms with Crippen molar-refractivity contribution in [3.8, 4) is 0 Å². The lowest BCUT2D eigenvalue weighted by atomic mass is 10.2. The van der Waals surface area contributed by atoms with Crippen LogP contribution >= 0.6 is 0 Å². The molecule has 2 amide bonds. The Morgan fingerprint density at radius 1 is 1.00 bits per heavy atom. The summed E-state index contributed by atoms with van der Waals surface area (Å²) >= 11 is 0. The number of nitrogens with zero attached hydrogens (tertiary/aromatic N) is 3. The Kier molecular flexibility index (Phi) is 6.01. The van der Waals surface area contributed by atoms with E-state index in [1.165, 1.54) is 0 Å². The van der Waals surface area contributed by atoms with Crippen LogP contribution in [-0.4, -0.2) is 28.0 Å². The molecular weight excluding hydrogens is 340 g/mol. The van der Waals surface area contributed by atoms with Crippen LogP contribution in [0, 0.1) is 20.8 Å². The molecule has 27 heavy (non-hydrogen) atoms. The summed E-state index contributed by atoms with van der Waals surface area (Å²) in [6.07, 6.45) is 4.38. The summed E-state index contributed by atoms with van der Waals surface area (Å²) in [5.41, 5.74) is 3.57. The second-order valence-electron chi connectivity index (χ2n) is 6.96. The van der Waals surface area contributed by atoms with E-state index in [-0.39, 0.29) is 12.1 Å². The Bertz CT molecular complexity index is 805. The number of aryl methyl sites for hydroxylation is 3. The van der Waals surface area contributed by atoms with Gasteiger partial charge < -0.3 is 5.32 Å². The molecule has 2 aromatic rings. The van der Waals surface area contributed by atoms with Gasteiger partial charge in [-0.25, -0.2) is 19.8 Å². The van der Waals surface area contributed by atoms with Crippen LogP contribution in [0.3, 0.4) is 0 Å². The molecule has 0 spiro atoms. The van der Waals surface area contributed by atoms with Crippen LogP contribution in [0.1, 0.15) is 42.6 Å². The normalized spacial score (nSPS) is 14.9. The minimum Gasteiger partial charge on any atom is -0.308 e. The van der Waals surface area contributed by atoms with Crippen molar-refractivity contribution in [1.82, 2.24) is 15.3 Å². The number of hydrogen-bond acceptors (Lipinski definition) is 4. The van der Waals surface area contributed by atoms with E-state index in [1.54, 1.807) is 0 Å². The van der Waals surface area contributed by atoms with E-state index in [0.29, 0.717) is 11.9 Å². The van der Waals surface area contributed by atoms with Crippen molar-refractivity contribution >= 4 is 23.6 Å². The molecule has 1 aliphatic carbocycles. The molecule has 1 aromatic heterocycles. The highest BCUT2D eigenvalue weighted by Crippen LogP contribution is 2.21. The molecule has 3 rings (SSSR count). The molecule has 0 unspecified atom stereocenters. The SMILES string of the molecule is Cc1ccc(NC(=O)NC(=NC2CCCC2)Nc2nc(C)cc(C)n2)cc1. The fourth-order valence-electron chi connectivity index (χ4n) is 3.11. The first-order valence-electron chi connectivity index (χ1n) is 9.30. The van der Waals surface area contributed by atoms with Gasteiger partial charge in [-0.2, -0.15) is 0 Å². The third-order valence-electron chi connectivity index (χ3n) is 4.39. The zero-order valence-corrected chi connectivity index (χ0v) is 16.0. The lowest BCUT2D eigenvalue weighted by molar-refractivity contribution is 0.256. The number of carbonyl (C=O) groups is 1. The van der Waals surface area contributed by atoms with Crippen molar-refractivity contribution in [3.63, 3.8) is 0 Å². The van der Waals surface area contributed by atoms with Gasteiger partial charge in [-0.1, -0.05) is 30.5 Å². The summed E-state index contributed by atoms with van der Waals surface area (Å²) in [5, 5.41) is 8.69. The standard InChI is InChI=1S/C20H26N6O/c1-13-8-10-17(11-9-13)24-20(27)26-19(23-16-6-4-5-7-16)25-18-21-14(2)12-15(3)22-18/h8-12,16H,4-7H2,1-3H3,(H3,21,22,23,24,25,26,27). The van der Waals surface area contributed by atoms with Crippen LogP contribution in [0.15, 0.2) is 35.3 Å². The quantitative estimate of drug-likeness (QED) is 0.567. The molecular formula is C20H26N6O. The average Bonchev–Trinajstić information content (AvgIpc) is 3.09. The fourth-order valence-corrected chi connectivity index (χ4v) is 3.11. The first-order chi connectivity index (χ1) is 13.0. The number of urea groups is 1. The van der Waals surface area contributed by atoms with Gasteiger partial charge in [-0.05, 0) is 51.8 Å². The maximum atomic E-state index is 12.4. The lowest BCUT2D eigenvalue weighted by Crippen LogP contribution is -2.40. The molecule has 1 saturated carbocycles. The van der Waals surface area contributed by atoms with Gasteiger partial charge in [0.2, 0.25) is 11.9 Å². The minimum atomic E-state index is -0.354. The number of amides is 2. The number of anilines is 2. The molecule has 7 nitrogen and oxygen atoms in total. The highest BCUT2D eigenvalue weighted by molar-refractivity contribution is 6.07. The van der Waals surface area contributed by atoms with Crippen molar-refractivity contribution in [1.29, 1.82) is 0 Å². The monoisotopic (exact) mass is 366 g/mol. The van der Waals surface area contributed by atoms with Gasteiger partial charge in [0.25, 0.3) is 0 Å². The largest absolute Gasteiger partial charge is 0.326 e. The van der Waals surface area contributed by atoms with Gasteiger partial charge in [0.05, 0.1) is 6.04 Å². The number of aliphatic imine (C=N–C) groups is 1. The summed E-state index contributed by atoms with van der Waals surface area (Å²) < 4.78 is 0. The zero-order valence-electron chi connectivity index (χ0n) is 16.0. The van der Waals surface area contributed by atoms with E-state index in [2.05, 4.69) is 30.9 Å². The van der Waals surface area contributed by atoms with Crippen LogP contribution in [0.4, 0.5) is 16.4 Å². The first-order valence-corrected chi connectivity index (χ1v) is 9.30. The van der Waals surface area contributed by atoms with Crippen LogP contribution < -0.4 is 16.0 Å². The molecule has 142 valence electrons. The van der Waals surface area contributed by atoms with Crippen LogP contribution in [0.25, 0.3) is 0 Å². The number of guanidine groups is 1. The van der Waals surface area contributed by atoms with E-state index >= 15 is 0 Å². The number of benzene rings is 1. The van der Waals surface area contributed by atoms with E-state index < -0.39 is 0 Å². The van der Waals surface area contributed by atoms with Gasteiger partial charge in [-0.15, -0.1) is 0 Å². The fraction of sp³-hybridized carbons (Fsp3) is 0.400.